The number of hydrogen-bond acceptors (Lipinski definition) is 3. The second-order valence-corrected chi connectivity index (χ2v) is 3.89. The number of carbonyl (C=O) groups is 2. The van der Waals surface area contributed by atoms with Crippen LogP contribution in [0.25, 0.3) is 0 Å². The van der Waals surface area contributed by atoms with E-state index in [1.165, 1.54) is 19.1 Å². The van der Waals surface area contributed by atoms with Crippen LogP contribution in [0.1, 0.15) is 6.92 Å². The first-order valence-corrected chi connectivity index (χ1v) is 5.58. The monoisotopic (exact) mass is 273 g/mol. The molecule has 0 fully saturated rings. The van der Waals surface area contributed by atoms with Gasteiger partial charge in [-0.3, -0.25) is 9.69 Å². The third-order valence-electron chi connectivity index (χ3n) is 2.17. The minimum atomic E-state index is -0.764. The lowest BCUT2D eigenvalue weighted by Crippen LogP contribution is -2.41. The molecular weight excluding hydrogens is 261 g/mol. The number of carbonyl (C=O) groups excluding carboxylic acids is 2. The quantitative estimate of drug-likeness (QED) is 0.882. The fraction of sp³-hybridized carbons (Fsp3) is 0.273. The van der Waals surface area contributed by atoms with Crippen LogP contribution in [0.3, 0.4) is 0 Å². The van der Waals surface area contributed by atoms with Crippen LogP contribution in [0, 0.1) is 5.82 Å². The highest BCUT2D eigenvalue weighted by molar-refractivity contribution is 6.33. The van der Waals surface area contributed by atoms with Crippen LogP contribution in [-0.4, -0.2) is 29.9 Å². The molecule has 0 aliphatic rings. The Bertz CT molecular complexity index is 447. The molecule has 1 aromatic carbocycles. The number of halogens is 2. The molecular formula is C11H13ClFN3O2. The van der Waals surface area contributed by atoms with Crippen LogP contribution in [0.5, 0.6) is 0 Å². The Kier molecular flexibility index (Phi) is 5.06. The maximum absolute atomic E-state index is 13.4. The molecule has 0 bridgehead atoms. The van der Waals surface area contributed by atoms with Gasteiger partial charge in [0.15, 0.2) is 0 Å². The van der Waals surface area contributed by atoms with Gasteiger partial charge in [0.2, 0.25) is 5.91 Å². The van der Waals surface area contributed by atoms with Gasteiger partial charge in [-0.15, -0.1) is 0 Å². The van der Waals surface area contributed by atoms with Gasteiger partial charge in [0.05, 0.1) is 10.7 Å². The summed E-state index contributed by atoms with van der Waals surface area (Å²) in [5, 5.41) is 2.30. The van der Waals surface area contributed by atoms with Gasteiger partial charge in [-0.05, 0) is 12.1 Å². The van der Waals surface area contributed by atoms with E-state index in [0.717, 1.165) is 11.0 Å². The van der Waals surface area contributed by atoms with E-state index in [4.69, 9.17) is 17.3 Å². The summed E-state index contributed by atoms with van der Waals surface area (Å²) in [7, 11) is 0. The molecule has 0 aromatic heterocycles. The largest absolute Gasteiger partial charge is 0.329 e. The number of nitrogens with one attached hydrogen (secondary N) is 1. The van der Waals surface area contributed by atoms with E-state index in [2.05, 4.69) is 5.32 Å². The maximum atomic E-state index is 13.4. The number of rotatable bonds is 3. The van der Waals surface area contributed by atoms with Gasteiger partial charge in [0, 0.05) is 20.0 Å². The van der Waals surface area contributed by atoms with Crippen LogP contribution < -0.4 is 11.1 Å². The normalized spacial score (nSPS) is 10.0. The van der Waals surface area contributed by atoms with Crippen molar-refractivity contribution in [3.63, 3.8) is 0 Å². The minimum Gasteiger partial charge on any atom is -0.329 e. The van der Waals surface area contributed by atoms with Gasteiger partial charge >= 0.3 is 6.03 Å². The van der Waals surface area contributed by atoms with E-state index in [1.807, 2.05) is 0 Å². The highest BCUT2D eigenvalue weighted by Crippen LogP contribution is 2.24. The predicted octanol–water partition coefficient (Wildman–Crippen LogP) is 1.82. The van der Waals surface area contributed by atoms with Crippen molar-refractivity contribution < 1.29 is 14.0 Å². The molecule has 1 aromatic rings. The molecule has 0 aliphatic heterocycles. The maximum Gasteiger partial charge on any atom is 0.328 e. The van der Waals surface area contributed by atoms with Crippen LogP contribution in [-0.2, 0) is 4.79 Å². The summed E-state index contributed by atoms with van der Waals surface area (Å²) < 4.78 is 13.4. The Morgan fingerprint density at radius 1 is 1.50 bits per heavy atom. The predicted molar refractivity (Wildman–Crippen MR) is 66.9 cm³/mol. The average molecular weight is 274 g/mol. The van der Waals surface area contributed by atoms with Crippen molar-refractivity contribution in [1.82, 2.24) is 4.90 Å². The van der Waals surface area contributed by atoms with Crippen molar-refractivity contribution in [1.29, 1.82) is 0 Å². The number of imide groups is 1. The molecule has 0 radical (unpaired) electrons. The molecule has 98 valence electrons. The zero-order chi connectivity index (χ0) is 13.7. The van der Waals surface area contributed by atoms with E-state index < -0.39 is 17.8 Å². The van der Waals surface area contributed by atoms with E-state index in [-0.39, 0.29) is 23.8 Å². The van der Waals surface area contributed by atoms with Crippen LogP contribution >= 0.6 is 11.6 Å². The number of anilines is 1. The molecule has 0 aliphatic carbocycles. The van der Waals surface area contributed by atoms with E-state index in [9.17, 15) is 14.0 Å². The van der Waals surface area contributed by atoms with Gasteiger partial charge in [-0.25, -0.2) is 9.18 Å². The molecule has 0 atom stereocenters. The molecule has 3 N–H and O–H groups in total. The molecule has 5 nitrogen and oxygen atoms in total. The molecule has 0 spiro atoms. The van der Waals surface area contributed by atoms with Crippen molar-refractivity contribution in [2.24, 2.45) is 5.73 Å². The van der Waals surface area contributed by atoms with Gasteiger partial charge in [0.1, 0.15) is 5.82 Å². The summed E-state index contributed by atoms with van der Waals surface area (Å²) in [6.07, 6.45) is 0. The molecule has 0 unspecified atom stereocenters. The topological polar surface area (TPSA) is 75.4 Å². The summed E-state index contributed by atoms with van der Waals surface area (Å²) >= 11 is 5.75. The van der Waals surface area contributed by atoms with Crippen molar-refractivity contribution in [3.05, 3.63) is 29.0 Å². The zero-order valence-electron chi connectivity index (χ0n) is 9.74. The average Bonchev–Trinajstić information content (AvgIpc) is 2.30. The first-order valence-electron chi connectivity index (χ1n) is 5.20. The van der Waals surface area contributed by atoms with Crippen molar-refractivity contribution in [2.45, 2.75) is 6.92 Å². The van der Waals surface area contributed by atoms with Gasteiger partial charge < -0.3 is 11.1 Å². The molecule has 7 heteroatoms. The Labute approximate surface area is 109 Å². The number of urea groups is 1. The SMILES string of the molecule is CC(=O)N(CCN)C(=O)Nc1c(F)cccc1Cl. The lowest BCUT2D eigenvalue weighted by molar-refractivity contribution is -0.125. The zero-order valence-corrected chi connectivity index (χ0v) is 10.5. The highest BCUT2D eigenvalue weighted by Gasteiger charge is 2.19. The van der Waals surface area contributed by atoms with E-state index in [1.54, 1.807) is 0 Å². The summed E-state index contributed by atoms with van der Waals surface area (Å²) in [5.74, 6) is -1.16. The third-order valence-corrected chi connectivity index (χ3v) is 2.49. The fourth-order valence-corrected chi connectivity index (χ4v) is 1.53. The smallest absolute Gasteiger partial charge is 0.328 e. The highest BCUT2D eigenvalue weighted by atomic mass is 35.5. The second kappa shape index (κ2) is 6.32. The number of benzene rings is 1. The molecule has 3 amide bonds. The van der Waals surface area contributed by atoms with Crippen LogP contribution in [0.15, 0.2) is 18.2 Å². The third kappa shape index (κ3) is 3.41. The van der Waals surface area contributed by atoms with E-state index >= 15 is 0 Å². The number of para-hydroxylation sites is 1. The van der Waals surface area contributed by atoms with Crippen molar-refractivity contribution in [2.75, 3.05) is 18.4 Å². The van der Waals surface area contributed by atoms with Gasteiger partial charge in [-0.1, -0.05) is 17.7 Å². The molecule has 0 saturated carbocycles. The fourth-order valence-electron chi connectivity index (χ4n) is 1.32. The molecule has 0 heterocycles. The van der Waals surface area contributed by atoms with Crippen molar-refractivity contribution in [3.8, 4) is 0 Å². The number of nitrogens with zero attached hydrogens (tertiary/aromatic N) is 1. The molecule has 18 heavy (non-hydrogen) atoms. The lowest BCUT2D eigenvalue weighted by Gasteiger charge is -2.19. The Balaban J connectivity index is 2.89. The first-order chi connectivity index (χ1) is 8.47. The Morgan fingerprint density at radius 2 is 2.17 bits per heavy atom. The van der Waals surface area contributed by atoms with Crippen molar-refractivity contribution >= 4 is 29.2 Å². The van der Waals surface area contributed by atoms with E-state index in [0.29, 0.717) is 0 Å². The lowest BCUT2D eigenvalue weighted by atomic mass is 10.3. The van der Waals surface area contributed by atoms with Gasteiger partial charge in [-0.2, -0.15) is 0 Å². The number of amides is 3. The first kappa shape index (κ1) is 14.4. The summed E-state index contributed by atoms with van der Waals surface area (Å²) in [6.45, 7) is 1.39. The number of nitrogens with two attached hydrogens (primary N) is 1. The Hall–Kier alpha value is -1.66. The minimum absolute atomic E-state index is 0.0488. The standard InChI is InChI=1S/C11H13ClFN3O2/c1-7(17)16(6-5-14)11(18)15-10-8(12)3-2-4-9(10)13/h2-4H,5-6,14H2,1H3,(H,15,18). The second-order valence-electron chi connectivity index (χ2n) is 3.49. The summed E-state index contributed by atoms with van der Waals surface area (Å²) in [5.41, 5.74) is 5.12. The summed E-state index contributed by atoms with van der Waals surface area (Å²) in [4.78, 5) is 23.9. The number of hydrogen-bond donors (Lipinski definition) is 2. The van der Waals surface area contributed by atoms with Crippen LogP contribution in [0.2, 0.25) is 5.02 Å². The molecule has 1 rings (SSSR count). The summed E-state index contributed by atoms with van der Waals surface area (Å²) in [6, 6.07) is 3.24. The molecule has 0 saturated heterocycles. The van der Waals surface area contributed by atoms with Gasteiger partial charge in [0.25, 0.3) is 0 Å². The Morgan fingerprint density at radius 3 is 2.67 bits per heavy atom. The van der Waals surface area contributed by atoms with Crippen LogP contribution in [0.4, 0.5) is 14.9 Å².